The first-order valence-electron chi connectivity index (χ1n) is 7.33. The van der Waals surface area contributed by atoms with E-state index in [1.54, 1.807) is 9.25 Å². The molecule has 4 rings (SSSR count). The molecule has 1 aromatic heterocycles. The predicted octanol–water partition coefficient (Wildman–Crippen LogP) is 3.00. The molecule has 1 atom stereocenters. The second kappa shape index (κ2) is 5.14. The van der Waals surface area contributed by atoms with E-state index in [1.165, 1.54) is 12.1 Å². The van der Waals surface area contributed by atoms with Crippen molar-refractivity contribution in [3.63, 3.8) is 0 Å². The van der Waals surface area contributed by atoms with Gasteiger partial charge in [0.2, 0.25) is 0 Å². The summed E-state index contributed by atoms with van der Waals surface area (Å²) in [6.45, 7) is 0. The number of fused-ring (bicyclic) bond motifs is 1. The zero-order valence-corrected chi connectivity index (χ0v) is 13.8. The molecule has 0 saturated heterocycles. The van der Waals surface area contributed by atoms with Gasteiger partial charge in [0.05, 0.1) is 12.1 Å². The molecular weight excluding hydrogens is 403 g/mol. The second-order valence-electron chi connectivity index (χ2n) is 5.99. The van der Waals surface area contributed by atoms with Gasteiger partial charge >= 0.3 is 5.69 Å². The van der Waals surface area contributed by atoms with Gasteiger partial charge < -0.3 is 0 Å². The molecule has 0 N–H and O–H groups in total. The van der Waals surface area contributed by atoms with Crippen LogP contribution < -0.4 is 5.69 Å². The van der Waals surface area contributed by atoms with Crippen molar-refractivity contribution in [2.24, 2.45) is 0 Å². The molecule has 2 aliphatic rings. The average molecular weight is 417 g/mol. The van der Waals surface area contributed by atoms with E-state index in [1.807, 2.05) is 0 Å². The monoisotopic (exact) mass is 417 g/mol. The van der Waals surface area contributed by atoms with Crippen molar-refractivity contribution in [1.82, 2.24) is 14.3 Å². The van der Waals surface area contributed by atoms with Gasteiger partial charge in [0.15, 0.2) is 0 Å². The topological polar surface area (TPSA) is 39.8 Å². The van der Waals surface area contributed by atoms with Crippen molar-refractivity contribution in [3.05, 3.63) is 51.7 Å². The Morgan fingerprint density at radius 1 is 1.18 bits per heavy atom. The van der Waals surface area contributed by atoms with E-state index in [0.717, 1.165) is 24.7 Å². The highest BCUT2D eigenvalue weighted by Gasteiger charge is 2.35. The van der Waals surface area contributed by atoms with Crippen LogP contribution in [0.3, 0.4) is 0 Å². The average Bonchev–Trinajstić information content (AvgIpc) is 2.95. The van der Waals surface area contributed by atoms with Crippen molar-refractivity contribution < 1.29 is 8.78 Å². The Morgan fingerprint density at radius 3 is 2.50 bits per heavy atom. The van der Waals surface area contributed by atoms with E-state index in [2.05, 4.69) is 27.7 Å². The Kier molecular flexibility index (Phi) is 3.35. The lowest BCUT2D eigenvalue weighted by molar-refractivity contribution is 0.296. The van der Waals surface area contributed by atoms with E-state index < -0.39 is 11.6 Å². The third-order valence-electron chi connectivity index (χ3n) is 4.53. The van der Waals surface area contributed by atoms with E-state index in [4.69, 9.17) is 0 Å². The van der Waals surface area contributed by atoms with Crippen molar-refractivity contribution in [3.8, 4) is 0 Å². The van der Waals surface area contributed by atoms with Gasteiger partial charge in [-0.1, -0.05) is 22.6 Å². The van der Waals surface area contributed by atoms with Gasteiger partial charge in [-0.2, -0.15) is 5.10 Å². The Hall–Kier alpha value is -1.25. The number of halogens is 3. The number of hydrogen-bond acceptors (Lipinski definition) is 2. The minimum Gasteiger partial charge on any atom is -0.271 e. The molecule has 0 unspecified atom stereocenters. The summed E-state index contributed by atoms with van der Waals surface area (Å²) >= 11 is 2.37. The Morgan fingerprint density at radius 2 is 1.86 bits per heavy atom. The van der Waals surface area contributed by atoms with Gasteiger partial charge in [-0.15, -0.1) is 0 Å². The summed E-state index contributed by atoms with van der Waals surface area (Å²) in [6.07, 6.45) is 3.22. The fourth-order valence-electron chi connectivity index (χ4n) is 3.36. The lowest BCUT2D eigenvalue weighted by Gasteiger charge is -2.30. The maximum atomic E-state index is 13.4. The highest BCUT2D eigenvalue weighted by atomic mass is 127. The third-order valence-corrected chi connectivity index (χ3v) is 5.54. The summed E-state index contributed by atoms with van der Waals surface area (Å²) in [7, 11) is 0. The van der Waals surface area contributed by atoms with E-state index in [-0.39, 0.29) is 17.8 Å². The minimum atomic E-state index is -0.615. The lowest BCUT2D eigenvalue weighted by Crippen LogP contribution is -2.36. The summed E-state index contributed by atoms with van der Waals surface area (Å²) in [5.41, 5.74) is 0.341. The largest absolute Gasteiger partial charge is 0.346 e. The zero-order valence-electron chi connectivity index (χ0n) is 11.7. The van der Waals surface area contributed by atoms with Gasteiger partial charge in [-0.05, 0) is 37.0 Å². The van der Waals surface area contributed by atoms with E-state index in [0.29, 0.717) is 22.3 Å². The maximum Gasteiger partial charge on any atom is 0.346 e. The summed E-state index contributed by atoms with van der Waals surface area (Å²) in [5.74, 6) is -0.511. The molecule has 0 spiro atoms. The smallest absolute Gasteiger partial charge is 0.271 e. The molecule has 22 heavy (non-hydrogen) atoms. The molecule has 4 nitrogen and oxygen atoms in total. The predicted molar refractivity (Wildman–Crippen MR) is 85.4 cm³/mol. The SMILES string of the molecule is O=c1n(C2CC(I)C2)nc2n1[C@H](c1cc(F)cc(F)c1)CC2. The molecule has 0 amide bonds. The van der Waals surface area contributed by atoms with Crippen LogP contribution in [0.5, 0.6) is 0 Å². The van der Waals surface area contributed by atoms with Crippen molar-refractivity contribution in [2.75, 3.05) is 0 Å². The fraction of sp³-hybridized carbons (Fsp3) is 0.467. The van der Waals surface area contributed by atoms with Crippen LogP contribution in [0.4, 0.5) is 8.78 Å². The van der Waals surface area contributed by atoms with Gasteiger partial charge in [-0.3, -0.25) is 4.57 Å². The number of rotatable bonds is 2. The quantitative estimate of drug-likeness (QED) is 0.557. The Balaban J connectivity index is 1.74. The molecule has 1 aliphatic heterocycles. The van der Waals surface area contributed by atoms with E-state index >= 15 is 0 Å². The van der Waals surface area contributed by atoms with Crippen LogP contribution in [0.2, 0.25) is 0 Å². The number of benzene rings is 1. The van der Waals surface area contributed by atoms with Gasteiger partial charge in [0.25, 0.3) is 0 Å². The van der Waals surface area contributed by atoms with Gasteiger partial charge in [0, 0.05) is 16.4 Å². The number of hydrogen-bond donors (Lipinski definition) is 0. The molecule has 7 heteroatoms. The van der Waals surface area contributed by atoms with Crippen LogP contribution in [-0.4, -0.2) is 18.3 Å². The summed E-state index contributed by atoms with van der Waals surface area (Å²) in [6, 6.07) is 3.29. The summed E-state index contributed by atoms with van der Waals surface area (Å²) in [4.78, 5) is 12.6. The summed E-state index contributed by atoms with van der Waals surface area (Å²) in [5, 5.41) is 4.44. The number of aromatic nitrogens is 3. The van der Waals surface area contributed by atoms with Crippen molar-refractivity contribution >= 4 is 22.6 Å². The van der Waals surface area contributed by atoms with Crippen LogP contribution in [-0.2, 0) is 6.42 Å². The molecule has 1 saturated carbocycles. The first-order valence-corrected chi connectivity index (χ1v) is 8.57. The second-order valence-corrected chi connectivity index (χ2v) is 7.75. The highest BCUT2D eigenvalue weighted by molar-refractivity contribution is 14.1. The number of nitrogens with zero attached hydrogens (tertiary/aromatic N) is 3. The highest BCUT2D eigenvalue weighted by Crippen LogP contribution is 2.37. The van der Waals surface area contributed by atoms with Crippen molar-refractivity contribution in [1.29, 1.82) is 0 Å². The number of alkyl halides is 1. The minimum absolute atomic E-state index is 0.157. The van der Waals surface area contributed by atoms with Crippen molar-refractivity contribution in [2.45, 2.75) is 41.7 Å². The first kappa shape index (κ1) is 14.3. The number of aryl methyl sites for hydroxylation is 1. The zero-order chi connectivity index (χ0) is 15.4. The normalized spacial score (nSPS) is 26.8. The molecule has 0 bridgehead atoms. The van der Waals surface area contributed by atoms with Crippen LogP contribution >= 0.6 is 22.6 Å². The molecule has 2 heterocycles. The van der Waals surface area contributed by atoms with Crippen LogP contribution in [0.15, 0.2) is 23.0 Å². The molecule has 1 aliphatic carbocycles. The summed E-state index contributed by atoms with van der Waals surface area (Å²) < 4.78 is 30.7. The van der Waals surface area contributed by atoms with Gasteiger partial charge in [0.1, 0.15) is 17.5 Å². The lowest BCUT2D eigenvalue weighted by atomic mass is 9.93. The Labute approximate surface area is 139 Å². The molecule has 2 aromatic rings. The standard InChI is InChI=1S/C15H14F2IN3O/c16-9-3-8(4-10(17)5-9)13-1-2-14-19-21(15(22)20(13)14)12-6-11(18)7-12/h3-5,11-13H,1-2,6-7H2/t11?,12?,13-/m0/s1. The Bertz CT molecular complexity index is 774. The third kappa shape index (κ3) is 2.21. The maximum absolute atomic E-state index is 13.4. The molecule has 1 aromatic carbocycles. The first-order chi connectivity index (χ1) is 10.5. The van der Waals surface area contributed by atoms with Crippen LogP contribution in [0, 0.1) is 11.6 Å². The van der Waals surface area contributed by atoms with E-state index in [9.17, 15) is 13.6 Å². The molecule has 1 fully saturated rings. The fourth-order valence-corrected chi connectivity index (χ4v) is 4.53. The molecular formula is C15H14F2IN3O. The van der Waals surface area contributed by atoms with Gasteiger partial charge in [-0.25, -0.2) is 18.3 Å². The molecule has 0 radical (unpaired) electrons. The molecule has 116 valence electrons. The van der Waals surface area contributed by atoms with Crippen LogP contribution in [0.25, 0.3) is 0 Å². The van der Waals surface area contributed by atoms with Crippen LogP contribution in [0.1, 0.15) is 42.7 Å².